The van der Waals surface area contributed by atoms with Gasteiger partial charge in [-0.3, -0.25) is 0 Å². The monoisotopic (exact) mass is 562 g/mol. The first-order valence-corrected chi connectivity index (χ1v) is 13.8. The first kappa shape index (κ1) is 28.5. The zero-order valence-corrected chi connectivity index (χ0v) is 23.4. The Morgan fingerprint density at radius 2 is 0.628 bits per heavy atom. The molecule has 0 saturated heterocycles. The highest BCUT2D eigenvalue weighted by Gasteiger charge is 2.36. The summed E-state index contributed by atoms with van der Waals surface area (Å²) in [4.78, 5) is 12.7. The standard InChI is InChI=1S/C37H30N3.HNO2/c1-7-19-31(20-8-1)38(32-21-9-2-10-22-32)37(39(33-23-11-3-12-24-33)34-25-13-4-14-26-34)40(35-27-15-5-16-28-35)36-29-17-6-18-30-36;2-1-3/h1-30H;(H,2,3)/q+1;/p-1. The number of hydrogen-bond acceptors (Lipinski definition) is 3. The van der Waals surface area contributed by atoms with E-state index in [2.05, 4.69) is 196 Å². The van der Waals surface area contributed by atoms with Crippen molar-refractivity contribution in [3.8, 4) is 0 Å². The van der Waals surface area contributed by atoms with Gasteiger partial charge in [-0.1, -0.05) is 109 Å². The van der Waals surface area contributed by atoms with E-state index < -0.39 is 0 Å². The molecule has 210 valence electrons. The van der Waals surface area contributed by atoms with Gasteiger partial charge in [0.15, 0.2) is 0 Å². The number of para-hydroxylation sites is 6. The van der Waals surface area contributed by atoms with E-state index in [1.54, 1.807) is 0 Å². The molecule has 6 nitrogen and oxygen atoms in total. The van der Waals surface area contributed by atoms with Crippen LogP contribution in [0.15, 0.2) is 187 Å². The summed E-state index contributed by atoms with van der Waals surface area (Å²) in [5.41, 5.74) is 6.32. The normalized spacial score (nSPS) is 10.0. The molecule has 6 rings (SSSR count). The van der Waals surface area contributed by atoms with E-state index in [-0.39, 0.29) is 0 Å². The van der Waals surface area contributed by atoms with Gasteiger partial charge in [-0.05, 0) is 72.8 Å². The summed E-state index contributed by atoms with van der Waals surface area (Å²) in [6.07, 6.45) is 0. The molecule has 0 heterocycles. The smallest absolute Gasteiger partial charge is 0.380 e. The SMILES string of the molecule is O=N[O-].c1ccc(N(C(N(c2ccccc2)c2ccccc2)=[N+](c2ccccc2)c2ccccc2)c2ccccc2)cc1. The van der Waals surface area contributed by atoms with Crippen LogP contribution in [0.1, 0.15) is 0 Å². The van der Waals surface area contributed by atoms with Gasteiger partial charge in [0.25, 0.3) is 0 Å². The lowest BCUT2D eigenvalue weighted by Gasteiger charge is -2.30. The molecule has 0 atom stereocenters. The van der Waals surface area contributed by atoms with Crippen molar-refractivity contribution in [2.45, 2.75) is 0 Å². The highest BCUT2D eigenvalue weighted by molar-refractivity contribution is 6.17. The Hall–Kier alpha value is -6.01. The second kappa shape index (κ2) is 14.6. The lowest BCUT2D eigenvalue weighted by molar-refractivity contribution is 1.02. The summed E-state index contributed by atoms with van der Waals surface area (Å²) in [5.74, 6) is 0.951. The minimum Gasteiger partial charge on any atom is -0.444 e. The molecular weight excluding hydrogens is 532 g/mol. The van der Waals surface area contributed by atoms with Gasteiger partial charge in [-0.2, -0.15) is 14.4 Å². The van der Waals surface area contributed by atoms with Gasteiger partial charge in [0, 0.05) is 0 Å². The van der Waals surface area contributed by atoms with Crippen LogP contribution in [0.4, 0.5) is 34.1 Å². The van der Waals surface area contributed by atoms with E-state index in [0.29, 0.717) is 0 Å². The number of benzene rings is 6. The molecule has 0 saturated carbocycles. The number of guanidine groups is 1. The van der Waals surface area contributed by atoms with Crippen molar-refractivity contribution in [1.29, 1.82) is 0 Å². The summed E-state index contributed by atoms with van der Waals surface area (Å²) in [5, 5.41) is 9.00. The number of hydrogen-bond donors (Lipinski definition) is 0. The minimum absolute atomic E-state index is 0.951. The van der Waals surface area contributed by atoms with Crippen molar-refractivity contribution in [3.05, 3.63) is 192 Å². The molecule has 0 unspecified atom stereocenters. The Balaban J connectivity index is 0.00000118. The van der Waals surface area contributed by atoms with Crippen LogP contribution in [-0.2, 0) is 0 Å². The summed E-state index contributed by atoms with van der Waals surface area (Å²) in [6.45, 7) is 0. The average molecular weight is 563 g/mol. The predicted molar refractivity (Wildman–Crippen MR) is 179 cm³/mol. The first-order valence-electron chi connectivity index (χ1n) is 13.8. The van der Waals surface area contributed by atoms with E-state index >= 15 is 0 Å². The van der Waals surface area contributed by atoms with Crippen molar-refractivity contribution in [2.75, 3.05) is 9.80 Å². The zero-order chi connectivity index (χ0) is 29.7. The third-order valence-corrected chi connectivity index (χ3v) is 6.69. The topological polar surface area (TPSA) is 62.0 Å². The molecule has 0 bridgehead atoms. The quantitative estimate of drug-likeness (QED) is 0.0666. The lowest BCUT2D eigenvalue weighted by atomic mass is 10.2. The highest BCUT2D eigenvalue weighted by atomic mass is 16.6. The van der Waals surface area contributed by atoms with Crippen LogP contribution in [0.2, 0.25) is 0 Å². The molecule has 0 aromatic heterocycles. The average Bonchev–Trinajstić information content (AvgIpc) is 3.08. The number of nitrogens with zero attached hydrogens (tertiary/aromatic N) is 4. The van der Waals surface area contributed by atoms with Crippen molar-refractivity contribution in [1.82, 2.24) is 4.58 Å². The predicted octanol–water partition coefficient (Wildman–Crippen LogP) is 9.80. The van der Waals surface area contributed by atoms with E-state index in [9.17, 15) is 0 Å². The maximum atomic E-state index is 8.00. The van der Waals surface area contributed by atoms with Crippen molar-refractivity contribution < 1.29 is 0 Å². The van der Waals surface area contributed by atoms with Crippen LogP contribution in [0, 0.1) is 10.1 Å². The molecule has 0 N–H and O–H groups in total. The molecule has 0 aliphatic rings. The summed E-state index contributed by atoms with van der Waals surface area (Å²) >= 11 is 0. The van der Waals surface area contributed by atoms with Gasteiger partial charge in [-0.15, -0.1) is 5.34 Å². The molecule has 0 spiro atoms. The zero-order valence-electron chi connectivity index (χ0n) is 23.4. The second-order valence-corrected chi connectivity index (χ2v) is 9.39. The molecule has 0 radical (unpaired) electrons. The fourth-order valence-electron chi connectivity index (χ4n) is 4.90. The van der Waals surface area contributed by atoms with Crippen molar-refractivity contribution in [2.24, 2.45) is 5.34 Å². The highest BCUT2D eigenvalue weighted by Crippen LogP contribution is 2.35. The molecule has 0 aliphatic carbocycles. The van der Waals surface area contributed by atoms with Gasteiger partial charge < -0.3 is 10.1 Å². The molecule has 0 aliphatic heterocycles. The van der Waals surface area contributed by atoms with Crippen LogP contribution in [0.5, 0.6) is 0 Å². The van der Waals surface area contributed by atoms with E-state index in [1.807, 2.05) is 0 Å². The van der Waals surface area contributed by atoms with E-state index in [1.165, 1.54) is 0 Å². The van der Waals surface area contributed by atoms with Crippen LogP contribution in [0.25, 0.3) is 0 Å². The Kier molecular flexibility index (Phi) is 9.66. The second-order valence-electron chi connectivity index (χ2n) is 9.39. The number of rotatable bonds is 6. The van der Waals surface area contributed by atoms with Crippen LogP contribution < -0.4 is 14.4 Å². The lowest BCUT2D eigenvalue weighted by Crippen LogP contribution is -2.45. The fraction of sp³-hybridized carbons (Fsp3) is 0. The van der Waals surface area contributed by atoms with Crippen LogP contribution in [-0.4, -0.2) is 5.96 Å². The summed E-state index contributed by atoms with van der Waals surface area (Å²) < 4.78 is 2.33. The van der Waals surface area contributed by atoms with Crippen LogP contribution in [0.3, 0.4) is 0 Å². The van der Waals surface area contributed by atoms with Gasteiger partial charge in [0.05, 0.1) is 0 Å². The summed E-state index contributed by atoms with van der Waals surface area (Å²) in [6, 6.07) is 63.4. The molecule has 0 amide bonds. The van der Waals surface area contributed by atoms with E-state index in [4.69, 9.17) is 10.1 Å². The molecular formula is C37H30N4O2. The Morgan fingerprint density at radius 1 is 0.419 bits per heavy atom. The molecule has 0 fully saturated rings. The maximum Gasteiger partial charge on any atom is 0.380 e. The molecule has 6 aromatic carbocycles. The van der Waals surface area contributed by atoms with Crippen LogP contribution >= 0.6 is 0 Å². The van der Waals surface area contributed by atoms with Gasteiger partial charge >= 0.3 is 5.96 Å². The minimum atomic E-state index is 0.951. The summed E-state index contributed by atoms with van der Waals surface area (Å²) in [7, 11) is 0. The van der Waals surface area contributed by atoms with Crippen molar-refractivity contribution in [3.63, 3.8) is 0 Å². The van der Waals surface area contributed by atoms with Gasteiger partial charge in [0.2, 0.25) is 0 Å². The van der Waals surface area contributed by atoms with E-state index in [0.717, 1.165) is 45.4 Å². The third kappa shape index (κ3) is 6.84. The Labute approximate surface area is 251 Å². The Morgan fingerprint density at radius 3 is 0.860 bits per heavy atom. The third-order valence-electron chi connectivity index (χ3n) is 6.69. The molecule has 6 heteroatoms. The fourth-order valence-corrected chi connectivity index (χ4v) is 4.90. The first-order chi connectivity index (χ1) is 21.3. The maximum absolute atomic E-state index is 8.00. The van der Waals surface area contributed by atoms with Gasteiger partial charge in [0.1, 0.15) is 34.1 Å². The van der Waals surface area contributed by atoms with Gasteiger partial charge in [-0.25, -0.2) is 0 Å². The number of anilines is 4. The van der Waals surface area contributed by atoms with Crippen molar-refractivity contribution >= 4 is 40.1 Å². The molecule has 6 aromatic rings. The largest absolute Gasteiger partial charge is 0.444 e. The molecule has 43 heavy (non-hydrogen) atoms. The Bertz CT molecular complexity index is 1510.